The molecule has 2 heterocycles. The first kappa shape index (κ1) is 18.4. The number of carbonyl (C=O) groups excluding carboxylic acids is 1. The van der Waals surface area contributed by atoms with Crippen molar-refractivity contribution in [1.29, 1.82) is 0 Å². The average molecular weight is 395 g/mol. The van der Waals surface area contributed by atoms with Gasteiger partial charge >= 0.3 is 0 Å². The first-order valence-electron chi connectivity index (χ1n) is 8.92. The van der Waals surface area contributed by atoms with Crippen LogP contribution in [0, 0.1) is 0 Å². The van der Waals surface area contributed by atoms with Crippen LogP contribution < -0.4 is 9.47 Å². The van der Waals surface area contributed by atoms with Gasteiger partial charge in [-0.05, 0) is 18.2 Å². The number of methoxy groups -OCH3 is 2. The zero-order chi connectivity index (χ0) is 19.5. The molecule has 4 rings (SSSR count). The number of amides is 1. The number of nitrogens with zero attached hydrogens (tertiary/aromatic N) is 2. The van der Waals surface area contributed by atoms with Gasteiger partial charge in [-0.3, -0.25) is 4.79 Å². The molecule has 0 bridgehead atoms. The van der Waals surface area contributed by atoms with Crippen molar-refractivity contribution >= 4 is 17.7 Å². The van der Waals surface area contributed by atoms with E-state index in [1.54, 1.807) is 26.0 Å². The first-order chi connectivity index (χ1) is 13.7. The Labute approximate surface area is 167 Å². The summed E-state index contributed by atoms with van der Waals surface area (Å²) in [4.78, 5) is 22.3. The molecular formula is C21H21N3O3S. The number of aromatic amines is 1. The van der Waals surface area contributed by atoms with Gasteiger partial charge in [0.25, 0.3) is 0 Å². The topological polar surface area (TPSA) is 67.5 Å². The van der Waals surface area contributed by atoms with E-state index in [0.717, 1.165) is 34.1 Å². The van der Waals surface area contributed by atoms with Crippen molar-refractivity contribution in [2.45, 2.75) is 11.9 Å². The summed E-state index contributed by atoms with van der Waals surface area (Å²) in [6.07, 6.45) is 1.81. The number of aromatic nitrogens is 2. The van der Waals surface area contributed by atoms with Crippen molar-refractivity contribution in [3.63, 3.8) is 0 Å². The maximum absolute atomic E-state index is 12.6. The lowest BCUT2D eigenvalue weighted by molar-refractivity contribution is -0.128. The van der Waals surface area contributed by atoms with E-state index >= 15 is 0 Å². The molecular weight excluding hydrogens is 374 g/mol. The summed E-state index contributed by atoms with van der Waals surface area (Å²) in [5, 5.41) is -0.117. The van der Waals surface area contributed by atoms with Crippen LogP contribution in [0.2, 0.25) is 0 Å². The Kier molecular flexibility index (Phi) is 5.25. The maximum atomic E-state index is 12.6. The van der Waals surface area contributed by atoms with Gasteiger partial charge in [-0.2, -0.15) is 0 Å². The number of carbonyl (C=O) groups is 1. The highest BCUT2D eigenvalue weighted by Gasteiger charge is 2.34. The molecule has 1 saturated heterocycles. The highest BCUT2D eigenvalue weighted by molar-refractivity contribution is 8.00. The van der Waals surface area contributed by atoms with Crippen LogP contribution in [-0.4, -0.2) is 40.7 Å². The second kappa shape index (κ2) is 7.98. The van der Waals surface area contributed by atoms with E-state index in [2.05, 4.69) is 9.97 Å². The molecule has 1 aliphatic heterocycles. The number of ether oxygens (including phenoxy) is 2. The Morgan fingerprint density at radius 3 is 2.75 bits per heavy atom. The van der Waals surface area contributed by atoms with E-state index in [4.69, 9.17) is 9.47 Å². The third-order valence-corrected chi connectivity index (χ3v) is 5.94. The van der Waals surface area contributed by atoms with Crippen molar-refractivity contribution in [2.75, 3.05) is 20.0 Å². The molecule has 0 radical (unpaired) electrons. The Bertz CT molecular complexity index is 974. The number of rotatable bonds is 6. The van der Waals surface area contributed by atoms with Gasteiger partial charge < -0.3 is 19.4 Å². The van der Waals surface area contributed by atoms with E-state index in [1.807, 2.05) is 59.6 Å². The Morgan fingerprint density at radius 1 is 1.18 bits per heavy atom. The second-order valence-corrected chi connectivity index (χ2v) is 7.48. The lowest BCUT2D eigenvalue weighted by Crippen LogP contribution is -2.28. The molecule has 1 N–H and O–H groups in total. The number of benzene rings is 2. The van der Waals surface area contributed by atoms with E-state index in [9.17, 15) is 4.79 Å². The van der Waals surface area contributed by atoms with Crippen LogP contribution in [-0.2, 0) is 11.3 Å². The second-order valence-electron chi connectivity index (χ2n) is 6.42. The largest absolute Gasteiger partial charge is 0.497 e. The molecule has 1 amide bonds. The summed E-state index contributed by atoms with van der Waals surface area (Å²) >= 11 is 1.60. The van der Waals surface area contributed by atoms with Crippen molar-refractivity contribution < 1.29 is 14.3 Å². The third-order valence-electron chi connectivity index (χ3n) is 4.71. The normalized spacial score (nSPS) is 16.4. The average Bonchev–Trinajstić information content (AvgIpc) is 3.36. The van der Waals surface area contributed by atoms with Crippen molar-refractivity contribution in [2.24, 2.45) is 0 Å². The van der Waals surface area contributed by atoms with Gasteiger partial charge in [-0.15, -0.1) is 11.8 Å². The molecule has 1 aliphatic rings. The van der Waals surface area contributed by atoms with E-state index in [1.165, 1.54) is 0 Å². The van der Waals surface area contributed by atoms with Gasteiger partial charge in [0.2, 0.25) is 5.91 Å². The molecule has 28 heavy (non-hydrogen) atoms. The van der Waals surface area contributed by atoms with Crippen LogP contribution in [0.4, 0.5) is 0 Å². The minimum Gasteiger partial charge on any atom is -0.497 e. The van der Waals surface area contributed by atoms with Gasteiger partial charge in [0.05, 0.1) is 38.4 Å². The molecule has 1 unspecified atom stereocenters. The van der Waals surface area contributed by atoms with Crippen LogP contribution in [0.5, 0.6) is 11.5 Å². The fourth-order valence-corrected chi connectivity index (χ4v) is 4.41. The van der Waals surface area contributed by atoms with Gasteiger partial charge in [0.15, 0.2) is 0 Å². The molecule has 1 fully saturated rings. The zero-order valence-electron chi connectivity index (χ0n) is 15.7. The standard InChI is InChI=1S/C21H21N3O3S/c1-26-16-8-9-18(27-2)15(10-16)12-24-19(25)13-28-21(24)17-11-22-20(23-17)14-6-4-3-5-7-14/h3-11,21H,12-13H2,1-2H3,(H,22,23). The number of hydrogen-bond donors (Lipinski definition) is 1. The molecule has 1 aromatic heterocycles. The summed E-state index contributed by atoms with van der Waals surface area (Å²) in [6.45, 7) is 0.441. The van der Waals surface area contributed by atoms with Crippen molar-refractivity contribution in [3.8, 4) is 22.9 Å². The number of nitrogens with one attached hydrogen (secondary N) is 1. The van der Waals surface area contributed by atoms with Gasteiger partial charge in [-0.1, -0.05) is 30.3 Å². The highest BCUT2D eigenvalue weighted by Crippen LogP contribution is 2.40. The van der Waals surface area contributed by atoms with Gasteiger partial charge in [-0.25, -0.2) is 4.98 Å². The minimum atomic E-state index is -0.117. The van der Waals surface area contributed by atoms with Crippen LogP contribution in [0.3, 0.4) is 0 Å². The highest BCUT2D eigenvalue weighted by atomic mass is 32.2. The smallest absolute Gasteiger partial charge is 0.234 e. The van der Waals surface area contributed by atoms with E-state index in [0.29, 0.717) is 12.3 Å². The molecule has 0 saturated carbocycles. The van der Waals surface area contributed by atoms with Crippen molar-refractivity contribution in [1.82, 2.24) is 14.9 Å². The van der Waals surface area contributed by atoms with Crippen LogP contribution in [0.15, 0.2) is 54.7 Å². The summed E-state index contributed by atoms with van der Waals surface area (Å²) in [7, 11) is 3.26. The quantitative estimate of drug-likeness (QED) is 0.686. The van der Waals surface area contributed by atoms with E-state index < -0.39 is 0 Å². The van der Waals surface area contributed by atoms with Gasteiger partial charge in [0, 0.05) is 11.1 Å². The first-order valence-corrected chi connectivity index (χ1v) is 9.97. The number of thioether (sulfide) groups is 1. The third kappa shape index (κ3) is 3.57. The molecule has 2 aromatic carbocycles. The van der Waals surface area contributed by atoms with E-state index in [-0.39, 0.29) is 11.3 Å². The molecule has 0 aliphatic carbocycles. The van der Waals surface area contributed by atoms with Crippen LogP contribution in [0.25, 0.3) is 11.4 Å². The zero-order valence-corrected chi connectivity index (χ0v) is 16.5. The van der Waals surface area contributed by atoms with Crippen molar-refractivity contribution in [3.05, 3.63) is 66.0 Å². The lowest BCUT2D eigenvalue weighted by atomic mass is 10.1. The number of hydrogen-bond acceptors (Lipinski definition) is 5. The Hall–Kier alpha value is -2.93. The molecule has 7 heteroatoms. The predicted molar refractivity (Wildman–Crippen MR) is 109 cm³/mol. The van der Waals surface area contributed by atoms with Crippen LogP contribution >= 0.6 is 11.8 Å². The number of imidazole rings is 1. The summed E-state index contributed by atoms with van der Waals surface area (Å²) in [6, 6.07) is 15.6. The minimum absolute atomic E-state index is 0.0933. The fourth-order valence-electron chi connectivity index (χ4n) is 3.28. The molecule has 1 atom stereocenters. The SMILES string of the molecule is COc1ccc(OC)c(CN2C(=O)CSC2c2cnc(-c3ccccc3)[nH]2)c1. The Morgan fingerprint density at radius 2 is 2.00 bits per heavy atom. The maximum Gasteiger partial charge on any atom is 0.234 e. The summed E-state index contributed by atoms with van der Waals surface area (Å²) in [5.74, 6) is 2.81. The monoisotopic (exact) mass is 395 g/mol. The summed E-state index contributed by atoms with van der Waals surface area (Å²) in [5.41, 5.74) is 2.84. The summed E-state index contributed by atoms with van der Waals surface area (Å²) < 4.78 is 10.8. The fraction of sp³-hybridized carbons (Fsp3) is 0.238. The van der Waals surface area contributed by atoms with Crippen LogP contribution in [0.1, 0.15) is 16.6 Å². The lowest BCUT2D eigenvalue weighted by Gasteiger charge is -2.24. The molecule has 3 aromatic rings. The predicted octanol–water partition coefficient (Wildman–Crippen LogP) is 3.87. The number of H-pyrrole nitrogens is 1. The molecule has 6 nitrogen and oxygen atoms in total. The molecule has 0 spiro atoms. The molecule has 144 valence electrons. The Balaban J connectivity index is 1.61. The van der Waals surface area contributed by atoms with Gasteiger partial charge in [0.1, 0.15) is 22.7 Å².